The summed E-state index contributed by atoms with van der Waals surface area (Å²) in [6.45, 7) is 0. The van der Waals surface area contributed by atoms with Gasteiger partial charge in [0.15, 0.2) is 11.6 Å². The van der Waals surface area contributed by atoms with E-state index >= 15 is 0 Å². The second-order valence-corrected chi connectivity index (χ2v) is 7.34. The minimum absolute atomic E-state index is 0.176. The molecule has 0 aliphatic carbocycles. The highest BCUT2D eigenvalue weighted by Gasteiger charge is 2.32. The van der Waals surface area contributed by atoms with Crippen LogP contribution in [0.4, 0.5) is 17.6 Å². The highest BCUT2D eigenvalue weighted by molar-refractivity contribution is 6.32. The van der Waals surface area contributed by atoms with Crippen molar-refractivity contribution in [1.29, 1.82) is 0 Å². The Kier molecular flexibility index (Phi) is 6.43. The van der Waals surface area contributed by atoms with E-state index in [2.05, 4.69) is 4.74 Å². The maximum absolute atomic E-state index is 14.2. The van der Waals surface area contributed by atoms with Gasteiger partial charge in [-0.2, -0.15) is 13.2 Å². The van der Waals surface area contributed by atoms with Crippen LogP contribution in [0, 0.1) is 5.82 Å². The van der Waals surface area contributed by atoms with E-state index in [1.165, 1.54) is 13.2 Å². The van der Waals surface area contributed by atoms with Crippen LogP contribution in [0.5, 0.6) is 11.5 Å². The summed E-state index contributed by atoms with van der Waals surface area (Å²) in [5, 5.41) is 0.169. The fraction of sp³-hybridized carbons (Fsp3) is 0.190. The highest BCUT2D eigenvalue weighted by Crippen LogP contribution is 2.39. The zero-order chi connectivity index (χ0) is 22.1. The van der Waals surface area contributed by atoms with Gasteiger partial charge >= 0.3 is 12.1 Å². The summed E-state index contributed by atoms with van der Waals surface area (Å²) in [6, 6.07) is 11.1. The average Bonchev–Trinajstić information content (AvgIpc) is 2.68. The molecule has 0 spiro atoms. The van der Waals surface area contributed by atoms with Gasteiger partial charge in [-0.15, -0.1) is 11.6 Å². The second-order valence-electron chi connectivity index (χ2n) is 6.41. The molecule has 0 amide bonds. The molecule has 0 radical (unpaired) electrons. The van der Waals surface area contributed by atoms with Crippen molar-refractivity contribution in [2.24, 2.45) is 0 Å². The van der Waals surface area contributed by atoms with Crippen molar-refractivity contribution in [3.8, 4) is 11.5 Å². The van der Waals surface area contributed by atoms with Crippen LogP contribution in [-0.4, -0.2) is 18.5 Å². The molecule has 3 rings (SSSR count). The van der Waals surface area contributed by atoms with Gasteiger partial charge < -0.3 is 9.47 Å². The Morgan fingerprint density at radius 1 is 1.07 bits per heavy atom. The van der Waals surface area contributed by atoms with Gasteiger partial charge in [-0.3, -0.25) is 4.79 Å². The molecule has 0 bridgehead atoms. The first-order valence-electron chi connectivity index (χ1n) is 8.57. The van der Waals surface area contributed by atoms with E-state index in [0.717, 1.165) is 10.9 Å². The molecule has 1 unspecified atom stereocenters. The lowest BCUT2D eigenvalue weighted by Gasteiger charge is -2.13. The first kappa shape index (κ1) is 22.2. The van der Waals surface area contributed by atoms with Gasteiger partial charge in [-0.05, 0) is 47.0 Å². The van der Waals surface area contributed by atoms with E-state index in [1.54, 1.807) is 30.3 Å². The number of esters is 1. The Morgan fingerprint density at radius 2 is 1.77 bits per heavy atom. The van der Waals surface area contributed by atoms with Crippen LogP contribution in [0.25, 0.3) is 10.8 Å². The number of carbonyl (C=O) groups is 1. The third-order valence-electron chi connectivity index (χ3n) is 4.29. The number of hydrogen-bond acceptors (Lipinski definition) is 3. The number of benzene rings is 3. The molecule has 30 heavy (non-hydrogen) atoms. The van der Waals surface area contributed by atoms with Crippen molar-refractivity contribution in [2.45, 2.75) is 18.0 Å². The van der Waals surface area contributed by atoms with Gasteiger partial charge in [-0.25, -0.2) is 4.39 Å². The van der Waals surface area contributed by atoms with Crippen molar-refractivity contribution in [3.63, 3.8) is 0 Å². The van der Waals surface area contributed by atoms with Gasteiger partial charge in [0, 0.05) is 0 Å². The van der Waals surface area contributed by atoms with Crippen LogP contribution in [0.15, 0.2) is 48.5 Å². The molecule has 3 nitrogen and oxygen atoms in total. The fourth-order valence-electron chi connectivity index (χ4n) is 2.82. The number of rotatable bonds is 5. The lowest BCUT2D eigenvalue weighted by Crippen LogP contribution is -2.18. The Hall–Kier alpha value is -2.51. The Morgan fingerprint density at radius 3 is 2.40 bits per heavy atom. The summed E-state index contributed by atoms with van der Waals surface area (Å²) in [4.78, 5) is 11.5. The van der Waals surface area contributed by atoms with E-state index < -0.39 is 39.7 Å². The van der Waals surface area contributed by atoms with Crippen LogP contribution >= 0.6 is 23.2 Å². The van der Waals surface area contributed by atoms with E-state index in [4.69, 9.17) is 27.9 Å². The molecular weight excluding hydrogens is 447 g/mol. The number of alkyl halides is 4. The number of hydrogen-bond donors (Lipinski definition) is 0. The molecule has 0 fully saturated rings. The largest absolute Gasteiger partial charge is 0.468 e. The maximum Gasteiger partial charge on any atom is 0.416 e. The van der Waals surface area contributed by atoms with Crippen molar-refractivity contribution >= 4 is 39.9 Å². The summed E-state index contributed by atoms with van der Waals surface area (Å²) in [5.41, 5.74) is -0.453. The minimum Gasteiger partial charge on any atom is -0.468 e. The van der Waals surface area contributed by atoms with E-state index in [0.29, 0.717) is 17.5 Å². The molecule has 158 valence electrons. The van der Waals surface area contributed by atoms with Crippen LogP contribution in [0.3, 0.4) is 0 Å². The van der Waals surface area contributed by atoms with E-state index in [1.807, 2.05) is 0 Å². The molecule has 3 aromatic carbocycles. The van der Waals surface area contributed by atoms with Crippen LogP contribution in [0.1, 0.15) is 11.1 Å². The summed E-state index contributed by atoms with van der Waals surface area (Å²) >= 11 is 11.8. The van der Waals surface area contributed by atoms with Crippen molar-refractivity contribution in [2.75, 3.05) is 7.11 Å². The third kappa shape index (κ3) is 4.96. The van der Waals surface area contributed by atoms with Crippen molar-refractivity contribution in [3.05, 3.63) is 70.5 Å². The average molecular weight is 461 g/mol. The van der Waals surface area contributed by atoms with Gasteiger partial charge in [0.2, 0.25) is 0 Å². The number of methoxy groups -OCH3 is 1. The highest BCUT2D eigenvalue weighted by atomic mass is 35.5. The lowest BCUT2D eigenvalue weighted by atomic mass is 10.0. The molecule has 0 aromatic heterocycles. The Bertz CT molecular complexity index is 1080. The predicted octanol–water partition coefficient (Wildman–Crippen LogP) is 6.77. The maximum atomic E-state index is 14.2. The van der Waals surface area contributed by atoms with Crippen LogP contribution in [0.2, 0.25) is 5.02 Å². The minimum atomic E-state index is -4.73. The van der Waals surface area contributed by atoms with Gasteiger partial charge in [0.05, 0.1) is 17.7 Å². The Labute approximate surface area is 179 Å². The summed E-state index contributed by atoms with van der Waals surface area (Å²) in [5.74, 6) is -2.12. The molecule has 0 aliphatic rings. The van der Waals surface area contributed by atoms with E-state index in [9.17, 15) is 22.4 Å². The molecular formula is C21H14Cl2F4O3. The van der Waals surface area contributed by atoms with E-state index in [-0.39, 0.29) is 12.2 Å². The van der Waals surface area contributed by atoms with Gasteiger partial charge in [-0.1, -0.05) is 35.9 Å². The quantitative estimate of drug-likeness (QED) is 0.239. The molecule has 0 N–H and O–H groups in total. The monoisotopic (exact) mass is 460 g/mol. The number of ether oxygens (including phenoxy) is 2. The number of fused-ring (bicyclic) bond motifs is 1. The predicted molar refractivity (Wildman–Crippen MR) is 106 cm³/mol. The van der Waals surface area contributed by atoms with Crippen molar-refractivity contribution in [1.82, 2.24) is 0 Å². The fourth-order valence-corrected chi connectivity index (χ4v) is 3.34. The SMILES string of the molecule is COC(=O)C(Cl)Cc1ccc2ccc(Oc3c(F)cc(C(F)(F)F)cc3Cl)cc2c1. The van der Waals surface area contributed by atoms with Gasteiger partial charge in [0.25, 0.3) is 0 Å². The topological polar surface area (TPSA) is 35.5 Å². The number of carbonyl (C=O) groups excluding carboxylic acids is 1. The molecule has 0 saturated carbocycles. The van der Waals surface area contributed by atoms with Crippen molar-refractivity contribution < 1.29 is 31.8 Å². The summed E-state index contributed by atoms with van der Waals surface area (Å²) < 4.78 is 62.5. The smallest absolute Gasteiger partial charge is 0.416 e. The first-order valence-corrected chi connectivity index (χ1v) is 9.38. The molecule has 0 heterocycles. The Balaban J connectivity index is 1.89. The molecule has 0 aliphatic heterocycles. The van der Waals surface area contributed by atoms with Gasteiger partial charge in [0.1, 0.15) is 11.1 Å². The molecule has 1 atom stereocenters. The summed E-state index contributed by atoms with van der Waals surface area (Å²) in [6.07, 6.45) is -4.50. The molecule has 3 aromatic rings. The standard InChI is InChI=1S/C21H14Cl2F4O3/c1-29-20(28)17(23)7-11-2-3-12-4-5-15(8-13(12)6-11)30-19-16(22)9-14(10-18(19)24)21(25,26)27/h2-6,8-10,17H,7H2,1H3. The van der Waals surface area contributed by atoms with Crippen LogP contribution < -0.4 is 4.74 Å². The zero-order valence-electron chi connectivity index (χ0n) is 15.4. The normalized spacial score (nSPS) is 12.6. The number of halogens is 6. The third-order valence-corrected chi connectivity index (χ3v) is 4.91. The summed E-state index contributed by atoms with van der Waals surface area (Å²) in [7, 11) is 1.24. The zero-order valence-corrected chi connectivity index (χ0v) is 16.9. The lowest BCUT2D eigenvalue weighted by molar-refractivity contribution is -0.140. The molecule has 9 heteroatoms. The van der Waals surface area contributed by atoms with Crippen LogP contribution in [-0.2, 0) is 22.1 Å². The second kappa shape index (κ2) is 8.70. The molecule has 0 saturated heterocycles. The first-order chi connectivity index (χ1) is 14.1.